The number of aliphatic carboxylic acids is 1. The average molecular weight is 267 g/mol. The second kappa shape index (κ2) is 8.17. The van der Waals surface area contributed by atoms with Crippen LogP contribution in [0, 0.1) is 10.1 Å². The topological polar surface area (TPSA) is 104 Å². The summed E-state index contributed by atoms with van der Waals surface area (Å²) in [5.41, 5.74) is 0.521. The van der Waals surface area contributed by atoms with E-state index in [0.29, 0.717) is 5.56 Å². The molecule has 7 heteroatoms. The van der Waals surface area contributed by atoms with Gasteiger partial charge in [0.2, 0.25) is 0 Å². The van der Waals surface area contributed by atoms with E-state index in [0.717, 1.165) is 26.2 Å². The molecular weight excluding hydrogens is 250 g/mol. The van der Waals surface area contributed by atoms with Crippen LogP contribution in [-0.2, 0) is 11.2 Å². The maximum absolute atomic E-state index is 10.3. The highest BCUT2D eigenvalue weighted by atomic mass is 16.6. The van der Waals surface area contributed by atoms with E-state index in [4.69, 9.17) is 5.11 Å². The van der Waals surface area contributed by atoms with E-state index in [-0.39, 0.29) is 12.1 Å². The number of carboxylic acids is 1. The van der Waals surface area contributed by atoms with Gasteiger partial charge in [-0.05, 0) is 5.56 Å². The maximum Gasteiger partial charge on any atom is 0.307 e. The van der Waals surface area contributed by atoms with Gasteiger partial charge in [0.05, 0.1) is 11.3 Å². The van der Waals surface area contributed by atoms with Gasteiger partial charge in [0.1, 0.15) is 0 Å². The third kappa shape index (κ3) is 6.49. The van der Waals surface area contributed by atoms with Gasteiger partial charge in [-0.2, -0.15) is 0 Å². The first-order chi connectivity index (χ1) is 9.09. The summed E-state index contributed by atoms with van der Waals surface area (Å²) in [5.74, 6) is -0.950. The van der Waals surface area contributed by atoms with Crippen molar-refractivity contribution in [2.24, 2.45) is 0 Å². The number of nitro groups is 1. The molecule has 0 aromatic heterocycles. The van der Waals surface area contributed by atoms with Crippen LogP contribution < -0.4 is 10.6 Å². The van der Waals surface area contributed by atoms with Gasteiger partial charge in [-0.25, -0.2) is 0 Å². The van der Waals surface area contributed by atoms with Crippen LogP contribution in [0.3, 0.4) is 0 Å². The number of nitro benzene ring substituents is 1. The monoisotopic (exact) mass is 267 g/mol. The van der Waals surface area contributed by atoms with E-state index in [1.54, 1.807) is 0 Å². The van der Waals surface area contributed by atoms with Gasteiger partial charge >= 0.3 is 5.97 Å². The zero-order valence-electron chi connectivity index (χ0n) is 10.5. The summed E-state index contributed by atoms with van der Waals surface area (Å²) < 4.78 is 0. The standard InChI is InChI=1S/C8H7NO4.C4H10N2/c10-8(11)5-6-1-3-7(4-2-6)9(12)13;1-2-6-4-3-5-1/h1-4H,5H2,(H,10,11);5-6H,1-4H2. The molecule has 3 N–H and O–H groups in total. The van der Waals surface area contributed by atoms with Crippen LogP contribution >= 0.6 is 0 Å². The van der Waals surface area contributed by atoms with E-state index in [2.05, 4.69) is 10.6 Å². The predicted octanol–water partition coefficient (Wildman–Crippen LogP) is 0.401. The molecule has 0 amide bonds. The van der Waals surface area contributed by atoms with Crippen LogP contribution in [0.25, 0.3) is 0 Å². The first-order valence-electron chi connectivity index (χ1n) is 5.96. The molecule has 2 rings (SSSR count). The van der Waals surface area contributed by atoms with Crippen molar-refractivity contribution in [3.05, 3.63) is 39.9 Å². The minimum atomic E-state index is -0.950. The molecule has 1 heterocycles. The molecular formula is C12H17N3O4. The van der Waals surface area contributed by atoms with Crippen LogP contribution in [0.5, 0.6) is 0 Å². The number of benzene rings is 1. The molecule has 1 aromatic rings. The fraction of sp³-hybridized carbons (Fsp3) is 0.417. The quantitative estimate of drug-likeness (QED) is 0.541. The highest BCUT2D eigenvalue weighted by molar-refractivity contribution is 5.70. The summed E-state index contributed by atoms with van der Waals surface area (Å²) in [4.78, 5) is 20.0. The molecule has 1 aliphatic heterocycles. The second-order valence-corrected chi connectivity index (χ2v) is 3.99. The van der Waals surface area contributed by atoms with Crippen molar-refractivity contribution in [3.8, 4) is 0 Å². The molecule has 1 aliphatic rings. The molecule has 0 spiro atoms. The third-order valence-corrected chi connectivity index (χ3v) is 2.46. The summed E-state index contributed by atoms with van der Waals surface area (Å²) in [6, 6.07) is 5.45. The van der Waals surface area contributed by atoms with Gasteiger partial charge in [-0.3, -0.25) is 14.9 Å². The Kier molecular flexibility index (Phi) is 6.48. The van der Waals surface area contributed by atoms with Crippen LogP contribution in [0.2, 0.25) is 0 Å². The van der Waals surface area contributed by atoms with Crippen LogP contribution in [0.4, 0.5) is 5.69 Å². The summed E-state index contributed by atoms with van der Waals surface area (Å²) in [6.07, 6.45) is -0.113. The lowest BCUT2D eigenvalue weighted by molar-refractivity contribution is -0.384. The molecule has 1 aromatic carbocycles. The molecule has 0 unspecified atom stereocenters. The molecule has 19 heavy (non-hydrogen) atoms. The van der Waals surface area contributed by atoms with E-state index in [1.165, 1.54) is 24.3 Å². The van der Waals surface area contributed by atoms with Crippen molar-refractivity contribution in [2.75, 3.05) is 26.2 Å². The summed E-state index contributed by atoms with van der Waals surface area (Å²) in [5, 5.41) is 25.1. The normalized spacial score (nSPS) is 14.1. The van der Waals surface area contributed by atoms with E-state index < -0.39 is 10.9 Å². The summed E-state index contributed by atoms with van der Waals surface area (Å²) in [6.45, 7) is 4.56. The fourth-order valence-electron chi connectivity index (χ4n) is 1.51. The molecule has 0 bridgehead atoms. The van der Waals surface area contributed by atoms with Crippen molar-refractivity contribution >= 4 is 11.7 Å². The number of piperazine rings is 1. The number of nitrogens with zero attached hydrogens (tertiary/aromatic N) is 1. The Morgan fingerprint density at radius 2 is 1.63 bits per heavy atom. The number of rotatable bonds is 3. The first-order valence-corrected chi connectivity index (χ1v) is 5.96. The Morgan fingerprint density at radius 1 is 1.16 bits per heavy atom. The van der Waals surface area contributed by atoms with Crippen molar-refractivity contribution in [2.45, 2.75) is 6.42 Å². The minimum absolute atomic E-state index is 0.0332. The van der Waals surface area contributed by atoms with Crippen LogP contribution in [-0.4, -0.2) is 42.2 Å². The Balaban J connectivity index is 0.000000250. The van der Waals surface area contributed by atoms with Crippen molar-refractivity contribution in [1.82, 2.24) is 10.6 Å². The van der Waals surface area contributed by atoms with Crippen LogP contribution in [0.15, 0.2) is 24.3 Å². The molecule has 7 nitrogen and oxygen atoms in total. The molecule has 0 atom stereocenters. The Hall–Kier alpha value is -1.99. The Labute approximate surface area is 110 Å². The van der Waals surface area contributed by atoms with Gasteiger partial charge in [0, 0.05) is 38.3 Å². The van der Waals surface area contributed by atoms with Crippen molar-refractivity contribution in [3.63, 3.8) is 0 Å². The maximum atomic E-state index is 10.3. The lowest BCUT2D eigenvalue weighted by Crippen LogP contribution is -2.39. The smallest absolute Gasteiger partial charge is 0.307 e. The molecule has 0 radical (unpaired) electrons. The Bertz CT molecular complexity index is 404. The molecule has 0 aliphatic carbocycles. The number of non-ortho nitro benzene ring substituents is 1. The van der Waals surface area contributed by atoms with Gasteiger partial charge in [-0.1, -0.05) is 12.1 Å². The Morgan fingerprint density at radius 3 is 1.95 bits per heavy atom. The van der Waals surface area contributed by atoms with E-state index in [9.17, 15) is 14.9 Å². The molecule has 0 saturated carbocycles. The highest BCUT2D eigenvalue weighted by Gasteiger charge is 2.05. The first kappa shape index (κ1) is 15.1. The molecule has 1 fully saturated rings. The van der Waals surface area contributed by atoms with E-state index in [1.807, 2.05) is 0 Å². The number of hydrogen-bond acceptors (Lipinski definition) is 5. The summed E-state index contributed by atoms with van der Waals surface area (Å²) >= 11 is 0. The largest absolute Gasteiger partial charge is 0.481 e. The minimum Gasteiger partial charge on any atom is -0.481 e. The van der Waals surface area contributed by atoms with Gasteiger partial charge in [0.25, 0.3) is 5.69 Å². The molecule has 1 saturated heterocycles. The van der Waals surface area contributed by atoms with Gasteiger partial charge in [0.15, 0.2) is 0 Å². The molecule has 104 valence electrons. The number of carbonyl (C=O) groups is 1. The highest BCUT2D eigenvalue weighted by Crippen LogP contribution is 2.11. The zero-order valence-corrected chi connectivity index (χ0v) is 10.5. The SMILES string of the molecule is C1CNCCN1.O=C(O)Cc1ccc([N+](=O)[O-])cc1. The third-order valence-electron chi connectivity index (χ3n) is 2.46. The number of hydrogen-bond donors (Lipinski definition) is 3. The van der Waals surface area contributed by atoms with Crippen molar-refractivity contribution in [1.29, 1.82) is 0 Å². The predicted molar refractivity (Wildman–Crippen MR) is 70.2 cm³/mol. The summed E-state index contributed by atoms with van der Waals surface area (Å²) in [7, 11) is 0. The van der Waals surface area contributed by atoms with Crippen LogP contribution in [0.1, 0.15) is 5.56 Å². The lowest BCUT2D eigenvalue weighted by Gasteiger charge is -2.11. The fourth-order valence-corrected chi connectivity index (χ4v) is 1.51. The van der Waals surface area contributed by atoms with Crippen molar-refractivity contribution < 1.29 is 14.8 Å². The average Bonchev–Trinajstić information content (AvgIpc) is 2.41. The van der Waals surface area contributed by atoms with Gasteiger partial charge in [-0.15, -0.1) is 0 Å². The zero-order chi connectivity index (χ0) is 14.1. The van der Waals surface area contributed by atoms with Gasteiger partial charge < -0.3 is 15.7 Å². The second-order valence-electron chi connectivity index (χ2n) is 3.99. The number of nitrogens with one attached hydrogen (secondary N) is 2. The van der Waals surface area contributed by atoms with E-state index >= 15 is 0 Å². The number of carboxylic acid groups (broad SMARTS) is 1. The lowest BCUT2D eigenvalue weighted by atomic mass is 10.1.